The number of amides is 2. The highest BCUT2D eigenvalue weighted by Crippen LogP contribution is 2.48. The van der Waals surface area contributed by atoms with Crippen molar-refractivity contribution >= 4 is 18.0 Å². The van der Waals surface area contributed by atoms with Crippen LogP contribution in [0.2, 0.25) is 0 Å². The number of nitrogens with zero attached hydrogens (tertiary/aromatic N) is 3. The van der Waals surface area contributed by atoms with Crippen LogP contribution >= 0.6 is 0 Å². The number of ether oxygens (including phenoxy) is 2. The number of aromatic nitrogens is 1. The molecule has 11 heteroatoms. The van der Waals surface area contributed by atoms with E-state index >= 15 is 4.39 Å². The molecule has 2 amide bonds. The van der Waals surface area contributed by atoms with Crippen LogP contribution in [0.15, 0.2) is 33.8 Å². The zero-order valence-electron chi connectivity index (χ0n) is 19.5. The molecule has 4 rings (SSSR count). The van der Waals surface area contributed by atoms with Gasteiger partial charge in [-0.2, -0.15) is 0 Å². The zero-order chi connectivity index (χ0) is 24.8. The normalized spacial score (nSPS) is 25.0. The Hall–Kier alpha value is -3.34. The summed E-state index contributed by atoms with van der Waals surface area (Å²) < 4.78 is 45.8. The zero-order valence-corrected chi connectivity index (χ0v) is 19.5. The highest BCUT2D eigenvalue weighted by atomic mass is 19.1. The minimum absolute atomic E-state index is 0.0803. The molecular formula is C23H26F2N4O5. The molecule has 1 aromatic heterocycles. The van der Waals surface area contributed by atoms with Crippen LogP contribution in [0.5, 0.6) is 0 Å². The van der Waals surface area contributed by atoms with Gasteiger partial charge < -0.3 is 14.0 Å². The monoisotopic (exact) mass is 476 g/mol. The quantitative estimate of drug-likeness (QED) is 0.710. The lowest BCUT2D eigenvalue weighted by atomic mass is 9.72. The number of rotatable bonds is 2. The van der Waals surface area contributed by atoms with Crippen LogP contribution in [0.25, 0.3) is 0 Å². The number of hydrogen-bond acceptors (Lipinski definition) is 7. The first kappa shape index (κ1) is 23.8. The fourth-order valence-electron chi connectivity index (χ4n) is 4.22. The number of aliphatic imine (C=N–C) groups is 1. The fourth-order valence-corrected chi connectivity index (χ4v) is 4.22. The third-order valence-corrected chi connectivity index (χ3v) is 5.75. The molecule has 0 spiro atoms. The van der Waals surface area contributed by atoms with Crippen LogP contribution in [0, 0.1) is 24.5 Å². The number of carbonyl (C=O) groups is 2. The van der Waals surface area contributed by atoms with Crippen molar-refractivity contribution in [1.29, 1.82) is 0 Å². The molecule has 2 aliphatic rings. The molecule has 1 fully saturated rings. The maximum atomic E-state index is 15.0. The Kier molecular flexibility index (Phi) is 5.92. The third kappa shape index (κ3) is 4.39. The van der Waals surface area contributed by atoms with Gasteiger partial charge in [0.1, 0.15) is 28.9 Å². The average Bonchev–Trinajstić information content (AvgIpc) is 3.18. The van der Waals surface area contributed by atoms with E-state index in [1.807, 2.05) is 0 Å². The third-order valence-electron chi connectivity index (χ3n) is 5.75. The van der Waals surface area contributed by atoms with Gasteiger partial charge in [-0.05, 0) is 52.3 Å². The van der Waals surface area contributed by atoms with Crippen molar-refractivity contribution in [3.05, 3.63) is 52.9 Å². The average molecular weight is 476 g/mol. The molecule has 2 aromatic rings. The number of halogens is 2. The molecule has 34 heavy (non-hydrogen) atoms. The summed E-state index contributed by atoms with van der Waals surface area (Å²) >= 11 is 0. The van der Waals surface area contributed by atoms with Crippen molar-refractivity contribution in [3.8, 4) is 0 Å². The Bertz CT molecular complexity index is 1160. The molecule has 0 unspecified atom stereocenters. The number of carbonyl (C=O) groups excluding carboxylic acids is 2. The molecule has 182 valence electrons. The van der Waals surface area contributed by atoms with E-state index in [-0.39, 0.29) is 24.6 Å². The van der Waals surface area contributed by atoms with E-state index in [1.165, 1.54) is 7.05 Å². The van der Waals surface area contributed by atoms with Crippen LogP contribution in [-0.2, 0) is 19.8 Å². The van der Waals surface area contributed by atoms with Gasteiger partial charge in [0.15, 0.2) is 5.76 Å². The standard InChI is InChI=1S/C23H26F2N4O5/c1-12-8-18(34-28-12)17-10-15-19(30)29(5)20(26-21(31)33-22(2,3)4)27-23(15,11-32-17)14-9-13(24)6-7-16(14)25/h6-9,15,17H,10-11H2,1-5H3,(H,26,27,31)/t15-,17+,23+/m0/s1. The van der Waals surface area contributed by atoms with Crippen molar-refractivity contribution in [2.45, 2.75) is 51.4 Å². The molecule has 0 bridgehead atoms. The summed E-state index contributed by atoms with van der Waals surface area (Å²) in [7, 11) is 1.44. The van der Waals surface area contributed by atoms with Gasteiger partial charge in [0, 0.05) is 18.7 Å². The predicted octanol–water partition coefficient (Wildman–Crippen LogP) is 3.59. The van der Waals surface area contributed by atoms with Crippen LogP contribution < -0.4 is 5.32 Å². The Morgan fingerprint density at radius 3 is 2.68 bits per heavy atom. The van der Waals surface area contributed by atoms with Crippen molar-refractivity contribution in [1.82, 2.24) is 15.4 Å². The summed E-state index contributed by atoms with van der Waals surface area (Å²) in [5.41, 5.74) is -1.92. The van der Waals surface area contributed by atoms with E-state index in [9.17, 15) is 14.0 Å². The first-order valence-electron chi connectivity index (χ1n) is 10.8. The van der Waals surface area contributed by atoms with E-state index in [2.05, 4.69) is 15.5 Å². The number of hydrogen-bond donors (Lipinski definition) is 1. The molecule has 0 saturated carbocycles. The molecule has 0 radical (unpaired) electrons. The van der Waals surface area contributed by atoms with E-state index in [0.717, 1.165) is 23.1 Å². The highest BCUT2D eigenvalue weighted by Gasteiger charge is 2.55. The summed E-state index contributed by atoms with van der Waals surface area (Å²) in [4.78, 5) is 31.7. The number of aryl methyl sites for hydroxylation is 1. The van der Waals surface area contributed by atoms with Crippen molar-refractivity contribution in [2.24, 2.45) is 10.9 Å². The van der Waals surface area contributed by atoms with Gasteiger partial charge in [-0.15, -0.1) is 0 Å². The lowest BCUT2D eigenvalue weighted by Crippen LogP contribution is -2.60. The number of nitrogens with one attached hydrogen (secondary N) is 1. The minimum atomic E-state index is -1.62. The number of benzene rings is 1. The second-order valence-electron chi connectivity index (χ2n) is 9.47. The van der Waals surface area contributed by atoms with E-state index < -0.39 is 46.8 Å². The van der Waals surface area contributed by atoms with Crippen molar-refractivity contribution < 1.29 is 32.4 Å². The Morgan fingerprint density at radius 2 is 2.03 bits per heavy atom. The summed E-state index contributed by atoms with van der Waals surface area (Å²) in [6, 6.07) is 4.64. The molecule has 9 nitrogen and oxygen atoms in total. The van der Waals surface area contributed by atoms with Gasteiger partial charge in [0.25, 0.3) is 0 Å². The van der Waals surface area contributed by atoms with Crippen molar-refractivity contribution in [2.75, 3.05) is 13.7 Å². The van der Waals surface area contributed by atoms with E-state index in [0.29, 0.717) is 11.5 Å². The van der Waals surface area contributed by atoms with Gasteiger partial charge in [0.05, 0.1) is 18.2 Å². The van der Waals surface area contributed by atoms with Gasteiger partial charge in [-0.3, -0.25) is 15.0 Å². The second kappa shape index (κ2) is 8.46. The van der Waals surface area contributed by atoms with Crippen LogP contribution in [-0.4, -0.2) is 47.3 Å². The van der Waals surface area contributed by atoms with Gasteiger partial charge in [-0.25, -0.2) is 18.6 Å². The predicted molar refractivity (Wildman–Crippen MR) is 116 cm³/mol. The smallest absolute Gasteiger partial charge is 0.414 e. The Morgan fingerprint density at radius 1 is 1.29 bits per heavy atom. The van der Waals surface area contributed by atoms with Gasteiger partial charge in [0.2, 0.25) is 11.9 Å². The maximum Gasteiger partial charge on any atom is 0.414 e. The van der Waals surface area contributed by atoms with E-state index in [4.69, 9.17) is 14.0 Å². The second-order valence-corrected chi connectivity index (χ2v) is 9.47. The summed E-state index contributed by atoms with van der Waals surface area (Å²) in [5.74, 6) is -2.56. The topological polar surface area (TPSA) is 106 Å². The summed E-state index contributed by atoms with van der Waals surface area (Å²) in [5, 5.41) is 6.31. The van der Waals surface area contributed by atoms with Crippen LogP contribution in [0.4, 0.5) is 13.6 Å². The lowest BCUT2D eigenvalue weighted by molar-refractivity contribution is -0.147. The Labute approximate surface area is 195 Å². The first-order valence-corrected chi connectivity index (χ1v) is 10.8. The summed E-state index contributed by atoms with van der Waals surface area (Å²) in [6.07, 6.45) is -1.40. The molecule has 1 N–H and O–H groups in total. The molecule has 2 aliphatic heterocycles. The lowest BCUT2D eigenvalue weighted by Gasteiger charge is -2.47. The molecule has 1 aromatic carbocycles. The van der Waals surface area contributed by atoms with Gasteiger partial charge in [-0.1, -0.05) is 5.16 Å². The number of fused-ring (bicyclic) bond motifs is 1. The maximum absolute atomic E-state index is 15.0. The van der Waals surface area contributed by atoms with Gasteiger partial charge >= 0.3 is 6.09 Å². The molecule has 0 aliphatic carbocycles. The minimum Gasteiger partial charge on any atom is -0.444 e. The van der Waals surface area contributed by atoms with Crippen LogP contribution in [0.3, 0.4) is 0 Å². The highest BCUT2D eigenvalue weighted by molar-refractivity contribution is 6.05. The number of guanidine groups is 1. The van der Waals surface area contributed by atoms with Crippen LogP contribution in [0.1, 0.15) is 50.3 Å². The largest absolute Gasteiger partial charge is 0.444 e. The SMILES string of the molecule is Cc1cc([C@H]2C[C@H]3C(=O)N(C)C(NC(=O)OC(C)(C)C)=N[C@@]3(c3cc(F)ccc3F)CO2)on1. The molecular weight excluding hydrogens is 450 g/mol. The van der Waals surface area contributed by atoms with Crippen molar-refractivity contribution in [3.63, 3.8) is 0 Å². The van der Waals surface area contributed by atoms with E-state index in [1.54, 1.807) is 33.8 Å². The Balaban J connectivity index is 1.78. The summed E-state index contributed by atoms with van der Waals surface area (Å²) in [6.45, 7) is 6.54. The molecule has 3 heterocycles. The fraction of sp³-hybridized carbons (Fsp3) is 0.478. The molecule has 3 atom stereocenters. The first-order chi connectivity index (χ1) is 15.9. The molecule has 1 saturated heterocycles. The number of alkyl carbamates (subject to hydrolysis) is 1.